The summed E-state index contributed by atoms with van der Waals surface area (Å²) in [7, 11) is 1.41. The molecule has 3 rings (SSSR count). The topological polar surface area (TPSA) is 80.1 Å². The van der Waals surface area contributed by atoms with Crippen LogP contribution in [0, 0.1) is 6.92 Å². The number of carbonyl (C=O) groups excluding carboxylic acids is 2. The predicted molar refractivity (Wildman–Crippen MR) is 108 cm³/mol. The average Bonchev–Trinajstić information content (AvgIpc) is 3.09. The summed E-state index contributed by atoms with van der Waals surface area (Å²) in [6, 6.07) is 8.29. The highest BCUT2D eigenvalue weighted by molar-refractivity contribution is 6.31. The summed E-state index contributed by atoms with van der Waals surface area (Å²) in [5, 5.41) is 6.03. The van der Waals surface area contributed by atoms with E-state index in [4.69, 9.17) is 11.6 Å². The van der Waals surface area contributed by atoms with E-state index in [9.17, 15) is 22.8 Å². The maximum atomic E-state index is 13.0. The maximum absolute atomic E-state index is 13.0. The fourth-order valence-electron chi connectivity index (χ4n) is 2.84. The van der Waals surface area contributed by atoms with Crippen molar-refractivity contribution in [2.75, 3.05) is 18.9 Å². The minimum absolute atomic E-state index is 0.0817. The van der Waals surface area contributed by atoms with Crippen molar-refractivity contribution < 1.29 is 22.8 Å². The van der Waals surface area contributed by atoms with E-state index in [-0.39, 0.29) is 17.8 Å². The number of likely N-dealkylation sites (N-methyl/N-ethyl adjacent to an activating group) is 1. The molecule has 0 aliphatic rings. The summed E-state index contributed by atoms with van der Waals surface area (Å²) >= 11 is 5.57. The van der Waals surface area contributed by atoms with E-state index in [0.29, 0.717) is 11.5 Å². The lowest BCUT2D eigenvalue weighted by molar-refractivity contribution is -0.137. The number of pyridine rings is 1. The molecule has 0 radical (unpaired) electrons. The van der Waals surface area contributed by atoms with Crippen LogP contribution in [0.3, 0.4) is 0 Å². The van der Waals surface area contributed by atoms with Gasteiger partial charge in [-0.15, -0.1) is 0 Å². The third-order valence-corrected chi connectivity index (χ3v) is 4.72. The molecule has 2 heterocycles. The number of aromatic nitrogens is 3. The Kier molecular flexibility index (Phi) is 6.30. The second-order valence-corrected chi connectivity index (χ2v) is 7.05. The van der Waals surface area contributed by atoms with E-state index in [0.717, 1.165) is 17.0 Å². The number of rotatable bonds is 5. The number of alkyl halides is 3. The van der Waals surface area contributed by atoms with Crippen molar-refractivity contribution in [1.82, 2.24) is 19.7 Å². The van der Waals surface area contributed by atoms with Crippen molar-refractivity contribution in [3.8, 4) is 5.82 Å². The minimum atomic E-state index is -4.66. The van der Waals surface area contributed by atoms with Gasteiger partial charge in [0.2, 0.25) is 5.91 Å². The van der Waals surface area contributed by atoms with Gasteiger partial charge in [0, 0.05) is 18.9 Å². The molecular formula is C20H17ClF3N5O2. The van der Waals surface area contributed by atoms with Crippen molar-refractivity contribution in [1.29, 1.82) is 0 Å². The molecule has 1 N–H and O–H groups in total. The predicted octanol–water partition coefficient (Wildman–Crippen LogP) is 3.96. The number of hydrogen-bond acceptors (Lipinski definition) is 4. The molecule has 0 saturated carbocycles. The zero-order valence-corrected chi connectivity index (χ0v) is 17.2. The van der Waals surface area contributed by atoms with Gasteiger partial charge >= 0.3 is 6.18 Å². The van der Waals surface area contributed by atoms with Gasteiger partial charge in [-0.3, -0.25) is 9.59 Å². The molecule has 0 aliphatic carbocycles. The van der Waals surface area contributed by atoms with Crippen molar-refractivity contribution >= 4 is 29.1 Å². The highest BCUT2D eigenvalue weighted by Gasteiger charge is 2.33. The Morgan fingerprint density at radius 1 is 1.23 bits per heavy atom. The molecule has 2 aromatic heterocycles. The number of amides is 2. The number of nitrogens with one attached hydrogen (secondary N) is 1. The average molecular weight is 452 g/mol. The van der Waals surface area contributed by atoms with Gasteiger partial charge in [-0.05, 0) is 37.3 Å². The van der Waals surface area contributed by atoms with Crippen LogP contribution in [0.15, 0.2) is 48.8 Å². The number of halogens is 4. The van der Waals surface area contributed by atoms with E-state index in [1.807, 2.05) is 0 Å². The molecule has 7 nitrogen and oxygen atoms in total. The molecule has 1 aromatic carbocycles. The zero-order chi connectivity index (χ0) is 22.8. The lowest BCUT2D eigenvalue weighted by Crippen LogP contribution is -2.35. The molecule has 3 aromatic rings. The number of hydrogen-bond donors (Lipinski definition) is 1. The van der Waals surface area contributed by atoms with Crippen LogP contribution in [0.2, 0.25) is 5.02 Å². The van der Waals surface area contributed by atoms with Crippen LogP contribution in [0.25, 0.3) is 5.82 Å². The Balaban J connectivity index is 1.69. The van der Waals surface area contributed by atoms with E-state index >= 15 is 0 Å². The molecule has 2 amide bonds. The van der Waals surface area contributed by atoms with E-state index < -0.39 is 28.6 Å². The minimum Gasteiger partial charge on any atom is -0.332 e. The van der Waals surface area contributed by atoms with Gasteiger partial charge in [-0.25, -0.2) is 9.67 Å². The summed E-state index contributed by atoms with van der Waals surface area (Å²) in [4.78, 5) is 30.3. The molecule has 31 heavy (non-hydrogen) atoms. The Morgan fingerprint density at radius 3 is 2.61 bits per heavy atom. The number of anilines is 1. The molecule has 0 saturated heterocycles. The molecular weight excluding hydrogens is 435 g/mol. The van der Waals surface area contributed by atoms with Gasteiger partial charge in [0.25, 0.3) is 5.91 Å². The van der Waals surface area contributed by atoms with Crippen LogP contribution >= 0.6 is 11.6 Å². The maximum Gasteiger partial charge on any atom is 0.417 e. The molecule has 0 unspecified atom stereocenters. The Morgan fingerprint density at radius 2 is 1.97 bits per heavy atom. The van der Waals surface area contributed by atoms with E-state index in [1.54, 1.807) is 31.3 Å². The van der Waals surface area contributed by atoms with Gasteiger partial charge in [0.05, 0.1) is 34.6 Å². The first kappa shape index (κ1) is 22.3. The smallest absolute Gasteiger partial charge is 0.332 e. The van der Waals surface area contributed by atoms with Gasteiger partial charge in [-0.1, -0.05) is 17.7 Å². The van der Waals surface area contributed by atoms with Crippen LogP contribution in [0.1, 0.15) is 21.6 Å². The summed E-state index contributed by atoms with van der Waals surface area (Å²) in [5.41, 5.74) is -0.342. The molecule has 0 bridgehead atoms. The van der Waals surface area contributed by atoms with Crippen LogP contribution < -0.4 is 5.32 Å². The standard InChI is InChI=1S/C20H17ClF3N5O2/c1-12-14(10-26-29(12)17-5-3-4-8-25-17)19(31)28(2)11-18(30)27-13-6-7-16(21)15(9-13)20(22,23)24/h3-10H,11H2,1-2H3,(H,27,30). The Bertz CT molecular complexity index is 1120. The van der Waals surface area contributed by atoms with Crippen molar-refractivity contribution in [3.63, 3.8) is 0 Å². The summed E-state index contributed by atoms with van der Waals surface area (Å²) in [5.74, 6) is -0.606. The van der Waals surface area contributed by atoms with Crippen LogP contribution in [0.5, 0.6) is 0 Å². The largest absolute Gasteiger partial charge is 0.417 e. The number of nitrogens with zero attached hydrogens (tertiary/aromatic N) is 4. The quantitative estimate of drug-likeness (QED) is 0.636. The molecule has 0 aliphatic heterocycles. The molecule has 11 heteroatoms. The fourth-order valence-corrected chi connectivity index (χ4v) is 3.07. The Hall–Kier alpha value is -3.40. The van der Waals surface area contributed by atoms with Crippen LogP contribution in [-0.4, -0.2) is 45.1 Å². The SMILES string of the molecule is Cc1c(C(=O)N(C)CC(=O)Nc2ccc(Cl)c(C(F)(F)F)c2)cnn1-c1ccccn1. The molecule has 0 spiro atoms. The van der Waals surface area contributed by atoms with Crippen molar-refractivity contribution in [3.05, 3.63) is 70.6 Å². The first-order valence-electron chi connectivity index (χ1n) is 8.96. The van der Waals surface area contributed by atoms with Gasteiger partial charge in [0.1, 0.15) is 0 Å². The molecule has 0 atom stereocenters. The van der Waals surface area contributed by atoms with E-state index in [2.05, 4.69) is 15.4 Å². The first-order valence-corrected chi connectivity index (χ1v) is 9.34. The van der Waals surface area contributed by atoms with Crippen molar-refractivity contribution in [2.45, 2.75) is 13.1 Å². The van der Waals surface area contributed by atoms with Gasteiger partial charge in [0.15, 0.2) is 5.82 Å². The third kappa shape index (κ3) is 5.02. The monoisotopic (exact) mass is 451 g/mol. The van der Waals surface area contributed by atoms with Crippen molar-refractivity contribution in [2.24, 2.45) is 0 Å². The molecule has 0 fully saturated rings. The lowest BCUT2D eigenvalue weighted by atomic mass is 10.2. The normalized spacial score (nSPS) is 11.3. The van der Waals surface area contributed by atoms with Crippen LogP contribution in [0.4, 0.5) is 18.9 Å². The van der Waals surface area contributed by atoms with Crippen LogP contribution in [-0.2, 0) is 11.0 Å². The summed E-state index contributed by atoms with van der Waals surface area (Å²) in [6.45, 7) is 1.31. The second kappa shape index (κ2) is 8.76. The number of carbonyl (C=O) groups is 2. The first-order chi connectivity index (χ1) is 14.6. The van der Waals surface area contributed by atoms with Gasteiger partial charge in [-0.2, -0.15) is 18.3 Å². The zero-order valence-electron chi connectivity index (χ0n) is 16.4. The second-order valence-electron chi connectivity index (χ2n) is 6.65. The highest BCUT2D eigenvalue weighted by atomic mass is 35.5. The summed E-state index contributed by atoms with van der Waals surface area (Å²) in [6.07, 6.45) is -1.69. The molecule has 162 valence electrons. The summed E-state index contributed by atoms with van der Waals surface area (Å²) < 4.78 is 40.4. The Labute approximate surface area is 180 Å². The third-order valence-electron chi connectivity index (χ3n) is 4.39. The fraction of sp³-hybridized carbons (Fsp3) is 0.200. The number of benzene rings is 1. The lowest BCUT2D eigenvalue weighted by Gasteiger charge is -2.17. The van der Waals surface area contributed by atoms with E-state index in [1.165, 1.54) is 24.0 Å². The highest BCUT2D eigenvalue weighted by Crippen LogP contribution is 2.36. The van der Waals surface area contributed by atoms with Gasteiger partial charge < -0.3 is 10.2 Å².